The number of nitrogens with zero attached hydrogens (tertiary/aromatic N) is 1. The van der Waals surface area contributed by atoms with E-state index in [2.05, 4.69) is 37.4 Å². The normalized spacial score (nSPS) is 17.4. The smallest absolute Gasteiger partial charge is 0.265 e. The van der Waals surface area contributed by atoms with Crippen LogP contribution in [0.2, 0.25) is 0 Å². The number of carbonyl (C=O) groups excluding carboxylic acids is 2. The van der Waals surface area contributed by atoms with E-state index >= 15 is 0 Å². The summed E-state index contributed by atoms with van der Waals surface area (Å²) in [7, 11) is 0. The Morgan fingerprint density at radius 3 is 2.62 bits per heavy atom. The van der Waals surface area contributed by atoms with Gasteiger partial charge in [0.25, 0.3) is 11.8 Å². The molecule has 2 amide bonds. The summed E-state index contributed by atoms with van der Waals surface area (Å²) >= 11 is 6.27. The second-order valence-corrected chi connectivity index (χ2v) is 8.88. The number of fused-ring (bicyclic) bond motifs is 1. The summed E-state index contributed by atoms with van der Waals surface area (Å²) in [4.78, 5) is 26.8. The summed E-state index contributed by atoms with van der Waals surface area (Å²) in [5.74, 6) is 0.406. The van der Waals surface area contributed by atoms with Crippen molar-refractivity contribution in [2.24, 2.45) is 0 Å². The average Bonchev–Trinajstić information content (AvgIpc) is 2.97. The molecule has 29 heavy (non-hydrogen) atoms. The average molecular weight is 425 g/mol. The highest BCUT2D eigenvalue weighted by atomic mass is 32.2. The van der Waals surface area contributed by atoms with Gasteiger partial charge in [0.15, 0.2) is 6.61 Å². The Balaban J connectivity index is 1.60. The summed E-state index contributed by atoms with van der Waals surface area (Å²) in [5, 5.41) is 2.61. The standard InChI is InChI=1S/C22H20N2O3S2/c1-13-7-14(2)9-16(8-13)5-6-24-17-10-15(3-4-18(17)27-12-20(24)25)11-19-21(26)23-22(28)29-19/h3-4,7-11H,5-6,12H2,1-2H3,(H,23,26,28)/b19-11+. The highest BCUT2D eigenvalue weighted by Gasteiger charge is 2.26. The lowest BCUT2D eigenvalue weighted by atomic mass is 10.0. The van der Waals surface area contributed by atoms with Crippen molar-refractivity contribution in [3.63, 3.8) is 0 Å². The number of benzene rings is 2. The minimum absolute atomic E-state index is 0.0345. The fourth-order valence-electron chi connectivity index (χ4n) is 3.58. The van der Waals surface area contributed by atoms with E-state index in [0.29, 0.717) is 21.5 Å². The quantitative estimate of drug-likeness (QED) is 0.598. The molecule has 2 aromatic carbocycles. The van der Waals surface area contributed by atoms with Gasteiger partial charge in [-0.05, 0) is 49.6 Å². The first kappa shape index (κ1) is 19.7. The zero-order valence-electron chi connectivity index (χ0n) is 16.2. The van der Waals surface area contributed by atoms with E-state index in [1.807, 2.05) is 18.2 Å². The fraction of sp³-hybridized carbons (Fsp3) is 0.227. The van der Waals surface area contributed by atoms with Gasteiger partial charge in [0.1, 0.15) is 10.1 Å². The van der Waals surface area contributed by atoms with E-state index in [4.69, 9.17) is 17.0 Å². The number of thiocarbonyl (C=S) groups is 1. The third kappa shape index (κ3) is 4.36. The van der Waals surface area contributed by atoms with Crippen molar-refractivity contribution < 1.29 is 14.3 Å². The van der Waals surface area contributed by atoms with Gasteiger partial charge in [0.05, 0.1) is 10.6 Å². The van der Waals surface area contributed by atoms with E-state index in [-0.39, 0.29) is 18.4 Å². The molecule has 0 bridgehead atoms. The molecular weight excluding hydrogens is 404 g/mol. The first-order valence-corrected chi connectivity index (χ1v) is 10.5. The van der Waals surface area contributed by atoms with Crippen LogP contribution in [0.3, 0.4) is 0 Å². The molecule has 2 aliphatic rings. The van der Waals surface area contributed by atoms with Gasteiger partial charge in [-0.1, -0.05) is 59.4 Å². The molecule has 1 saturated heterocycles. The lowest BCUT2D eigenvalue weighted by Gasteiger charge is -2.30. The van der Waals surface area contributed by atoms with Crippen molar-refractivity contribution >= 4 is 51.9 Å². The SMILES string of the molecule is Cc1cc(C)cc(CCN2C(=O)COc3ccc(/C=C4/SC(=S)NC4=O)cc32)c1. The topological polar surface area (TPSA) is 58.6 Å². The highest BCUT2D eigenvalue weighted by Crippen LogP contribution is 2.35. The van der Waals surface area contributed by atoms with Crippen LogP contribution in [0.1, 0.15) is 22.3 Å². The second-order valence-electron chi connectivity index (χ2n) is 7.16. The lowest BCUT2D eigenvalue weighted by Crippen LogP contribution is -2.40. The van der Waals surface area contributed by atoms with Gasteiger partial charge in [-0.15, -0.1) is 0 Å². The summed E-state index contributed by atoms with van der Waals surface area (Å²) in [6, 6.07) is 12.0. The maximum atomic E-state index is 12.6. The Labute approximate surface area is 179 Å². The molecular formula is C22H20N2O3S2. The molecule has 0 spiro atoms. The number of nitrogens with one attached hydrogen (secondary N) is 1. The minimum atomic E-state index is -0.197. The van der Waals surface area contributed by atoms with Crippen LogP contribution in [0.5, 0.6) is 5.75 Å². The van der Waals surface area contributed by atoms with Crippen LogP contribution in [-0.4, -0.2) is 29.3 Å². The number of anilines is 1. The Morgan fingerprint density at radius 2 is 1.93 bits per heavy atom. The van der Waals surface area contributed by atoms with Gasteiger partial charge in [0.2, 0.25) is 0 Å². The van der Waals surface area contributed by atoms with E-state index < -0.39 is 0 Å². The molecule has 2 aromatic rings. The summed E-state index contributed by atoms with van der Waals surface area (Å²) in [6.07, 6.45) is 2.53. The molecule has 4 rings (SSSR count). The number of aryl methyl sites for hydroxylation is 2. The van der Waals surface area contributed by atoms with E-state index in [0.717, 1.165) is 17.7 Å². The van der Waals surface area contributed by atoms with Gasteiger partial charge in [0, 0.05) is 6.54 Å². The number of hydrogen-bond donors (Lipinski definition) is 1. The fourth-order valence-corrected chi connectivity index (χ4v) is 4.62. The predicted octanol–water partition coefficient (Wildman–Crippen LogP) is 3.76. The molecule has 0 saturated carbocycles. The predicted molar refractivity (Wildman–Crippen MR) is 120 cm³/mol. The molecule has 5 nitrogen and oxygen atoms in total. The molecule has 0 aromatic heterocycles. The van der Waals surface area contributed by atoms with Crippen molar-refractivity contribution in [3.05, 3.63) is 63.6 Å². The van der Waals surface area contributed by atoms with E-state index in [9.17, 15) is 9.59 Å². The molecule has 0 unspecified atom stereocenters. The monoisotopic (exact) mass is 424 g/mol. The first-order chi connectivity index (χ1) is 13.9. The van der Waals surface area contributed by atoms with E-state index in [1.54, 1.807) is 11.0 Å². The molecule has 1 N–H and O–H groups in total. The molecule has 0 atom stereocenters. The van der Waals surface area contributed by atoms with Crippen molar-refractivity contribution in [2.75, 3.05) is 18.1 Å². The number of hydrogen-bond acceptors (Lipinski definition) is 5. The van der Waals surface area contributed by atoms with Gasteiger partial charge < -0.3 is 15.0 Å². The van der Waals surface area contributed by atoms with Crippen molar-refractivity contribution in [3.8, 4) is 5.75 Å². The van der Waals surface area contributed by atoms with Crippen LogP contribution in [0.15, 0.2) is 41.3 Å². The van der Waals surface area contributed by atoms with Crippen LogP contribution in [0, 0.1) is 13.8 Å². The van der Waals surface area contributed by atoms with Gasteiger partial charge in [-0.25, -0.2) is 0 Å². The highest BCUT2D eigenvalue weighted by molar-refractivity contribution is 8.26. The Morgan fingerprint density at radius 1 is 1.17 bits per heavy atom. The lowest BCUT2D eigenvalue weighted by molar-refractivity contribution is -0.121. The van der Waals surface area contributed by atoms with Crippen LogP contribution in [-0.2, 0) is 16.0 Å². The zero-order valence-corrected chi connectivity index (χ0v) is 17.8. The first-order valence-electron chi connectivity index (χ1n) is 9.28. The Hall–Kier alpha value is -2.64. The number of thioether (sulfide) groups is 1. The number of ether oxygens (including phenoxy) is 1. The molecule has 0 radical (unpaired) electrons. The maximum absolute atomic E-state index is 12.6. The summed E-state index contributed by atoms with van der Waals surface area (Å²) in [6.45, 7) is 4.76. The zero-order chi connectivity index (χ0) is 20.5. The Kier molecular flexibility index (Phi) is 5.43. The molecule has 148 valence electrons. The molecule has 7 heteroatoms. The maximum Gasteiger partial charge on any atom is 0.265 e. The van der Waals surface area contributed by atoms with Crippen LogP contribution in [0.25, 0.3) is 6.08 Å². The van der Waals surface area contributed by atoms with Crippen LogP contribution in [0.4, 0.5) is 5.69 Å². The molecule has 2 aliphatic heterocycles. The van der Waals surface area contributed by atoms with Gasteiger partial charge in [-0.2, -0.15) is 0 Å². The Bertz CT molecular complexity index is 1040. The molecule has 0 aliphatic carbocycles. The van der Waals surface area contributed by atoms with Gasteiger partial charge in [-0.3, -0.25) is 9.59 Å². The summed E-state index contributed by atoms with van der Waals surface area (Å²) < 4.78 is 6.05. The van der Waals surface area contributed by atoms with Gasteiger partial charge >= 0.3 is 0 Å². The van der Waals surface area contributed by atoms with Crippen molar-refractivity contribution in [2.45, 2.75) is 20.3 Å². The van der Waals surface area contributed by atoms with Crippen LogP contribution >= 0.6 is 24.0 Å². The number of amides is 2. The minimum Gasteiger partial charge on any atom is -0.482 e. The molecule has 1 fully saturated rings. The largest absolute Gasteiger partial charge is 0.482 e. The third-order valence-electron chi connectivity index (χ3n) is 4.77. The van der Waals surface area contributed by atoms with E-state index in [1.165, 1.54) is 28.5 Å². The van der Waals surface area contributed by atoms with Crippen LogP contribution < -0.4 is 15.0 Å². The number of rotatable bonds is 4. The third-order valence-corrected chi connectivity index (χ3v) is 5.93. The second kappa shape index (κ2) is 8.00. The molecule has 2 heterocycles. The van der Waals surface area contributed by atoms with Crippen molar-refractivity contribution in [1.29, 1.82) is 0 Å². The van der Waals surface area contributed by atoms with Crippen molar-refractivity contribution in [1.82, 2.24) is 5.32 Å². The number of carbonyl (C=O) groups is 2. The summed E-state index contributed by atoms with van der Waals surface area (Å²) in [5.41, 5.74) is 5.18.